The van der Waals surface area contributed by atoms with E-state index in [1.807, 2.05) is 42.2 Å². The molecule has 1 aliphatic heterocycles. The monoisotopic (exact) mass is 320 g/mol. The van der Waals surface area contributed by atoms with Gasteiger partial charge in [-0.2, -0.15) is 5.10 Å². The second-order valence-electron chi connectivity index (χ2n) is 6.13. The molecule has 1 fully saturated rings. The fourth-order valence-electron chi connectivity index (χ4n) is 3.31. The van der Waals surface area contributed by atoms with Gasteiger partial charge in [0.25, 0.3) is 0 Å². The number of pyridine rings is 2. The van der Waals surface area contributed by atoms with Crippen LogP contribution in [0.25, 0.3) is 11.4 Å². The van der Waals surface area contributed by atoms with Crippen LogP contribution in [0.15, 0.2) is 48.9 Å². The number of rotatable bonds is 3. The van der Waals surface area contributed by atoms with Crippen LogP contribution < -0.4 is 4.90 Å². The molecular formula is C18H20N6. The molecule has 0 spiro atoms. The van der Waals surface area contributed by atoms with E-state index in [-0.39, 0.29) is 0 Å². The van der Waals surface area contributed by atoms with Crippen LogP contribution in [-0.4, -0.2) is 37.8 Å². The average Bonchev–Trinajstić information content (AvgIpc) is 3.05. The normalized spacial score (nSPS) is 17.9. The largest absolute Gasteiger partial charge is 0.356 e. The fraction of sp³-hybridized carbons (Fsp3) is 0.333. The van der Waals surface area contributed by atoms with Crippen molar-refractivity contribution in [3.05, 3.63) is 54.7 Å². The van der Waals surface area contributed by atoms with E-state index in [0.29, 0.717) is 5.92 Å². The van der Waals surface area contributed by atoms with Gasteiger partial charge in [-0.1, -0.05) is 6.07 Å². The summed E-state index contributed by atoms with van der Waals surface area (Å²) >= 11 is 0. The highest BCUT2D eigenvalue weighted by Gasteiger charge is 2.26. The van der Waals surface area contributed by atoms with E-state index in [1.165, 1.54) is 0 Å². The molecule has 122 valence electrons. The van der Waals surface area contributed by atoms with Crippen LogP contribution in [0, 0.1) is 0 Å². The molecule has 6 nitrogen and oxygen atoms in total. The lowest BCUT2D eigenvalue weighted by Gasteiger charge is -2.32. The minimum Gasteiger partial charge on any atom is -0.356 e. The third-order valence-electron chi connectivity index (χ3n) is 4.50. The highest BCUT2D eigenvalue weighted by atomic mass is 15.3. The molecule has 0 saturated carbocycles. The van der Waals surface area contributed by atoms with Crippen molar-refractivity contribution in [1.29, 1.82) is 0 Å². The highest BCUT2D eigenvalue weighted by molar-refractivity contribution is 5.53. The first-order valence-corrected chi connectivity index (χ1v) is 8.28. The van der Waals surface area contributed by atoms with E-state index < -0.39 is 0 Å². The van der Waals surface area contributed by atoms with Gasteiger partial charge < -0.3 is 4.90 Å². The van der Waals surface area contributed by atoms with E-state index in [4.69, 9.17) is 4.98 Å². The molecule has 0 aliphatic carbocycles. The first-order chi connectivity index (χ1) is 11.8. The Bertz CT molecular complexity index is 799. The summed E-state index contributed by atoms with van der Waals surface area (Å²) in [4.78, 5) is 15.7. The molecule has 1 aliphatic rings. The van der Waals surface area contributed by atoms with Crippen molar-refractivity contribution in [2.75, 3.05) is 18.0 Å². The summed E-state index contributed by atoms with van der Waals surface area (Å²) in [5.74, 6) is 3.22. The van der Waals surface area contributed by atoms with Crippen LogP contribution in [0.2, 0.25) is 0 Å². The van der Waals surface area contributed by atoms with Crippen molar-refractivity contribution in [1.82, 2.24) is 24.7 Å². The summed E-state index contributed by atoms with van der Waals surface area (Å²) < 4.78 is 1.92. The molecule has 0 amide bonds. The quantitative estimate of drug-likeness (QED) is 0.742. The van der Waals surface area contributed by atoms with Crippen LogP contribution in [0.1, 0.15) is 24.6 Å². The van der Waals surface area contributed by atoms with Crippen LogP contribution in [0.4, 0.5) is 5.82 Å². The Balaban J connectivity index is 1.58. The maximum absolute atomic E-state index is 4.81. The Hall–Kier alpha value is -2.76. The highest BCUT2D eigenvalue weighted by Crippen LogP contribution is 2.29. The number of anilines is 1. The van der Waals surface area contributed by atoms with E-state index in [1.54, 1.807) is 12.4 Å². The van der Waals surface area contributed by atoms with Gasteiger partial charge in [-0.3, -0.25) is 9.67 Å². The van der Waals surface area contributed by atoms with Gasteiger partial charge >= 0.3 is 0 Å². The number of hydrogen-bond acceptors (Lipinski definition) is 5. The van der Waals surface area contributed by atoms with Crippen molar-refractivity contribution in [2.24, 2.45) is 7.05 Å². The zero-order chi connectivity index (χ0) is 16.4. The van der Waals surface area contributed by atoms with Gasteiger partial charge in [0.1, 0.15) is 11.6 Å². The second kappa shape index (κ2) is 6.39. The van der Waals surface area contributed by atoms with Gasteiger partial charge in [-0.05, 0) is 37.1 Å². The predicted octanol–water partition coefficient (Wildman–Crippen LogP) is 2.66. The zero-order valence-electron chi connectivity index (χ0n) is 13.7. The molecule has 0 radical (unpaired) electrons. The number of aromatic nitrogens is 5. The lowest BCUT2D eigenvalue weighted by atomic mass is 9.97. The molecule has 4 heterocycles. The number of nitrogens with zero attached hydrogens (tertiary/aromatic N) is 6. The van der Waals surface area contributed by atoms with Gasteiger partial charge in [-0.15, -0.1) is 0 Å². The summed E-state index contributed by atoms with van der Waals surface area (Å²) in [5, 5.41) is 4.60. The van der Waals surface area contributed by atoms with Gasteiger partial charge in [0.2, 0.25) is 0 Å². The molecule has 0 aromatic carbocycles. The maximum atomic E-state index is 4.81. The Morgan fingerprint density at radius 3 is 2.75 bits per heavy atom. The third-order valence-corrected chi connectivity index (χ3v) is 4.50. The van der Waals surface area contributed by atoms with Crippen LogP contribution >= 0.6 is 0 Å². The number of piperidine rings is 1. The summed E-state index contributed by atoms with van der Waals surface area (Å²) in [7, 11) is 1.98. The van der Waals surface area contributed by atoms with Crippen molar-refractivity contribution in [2.45, 2.75) is 18.8 Å². The Kier molecular flexibility index (Phi) is 3.94. The summed E-state index contributed by atoms with van der Waals surface area (Å²) in [6.07, 6.45) is 7.66. The maximum Gasteiger partial charge on any atom is 0.181 e. The summed E-state index contributed by atoms with van der Waals surface area (Å²) in [6.45, 7) is 1.97. The molecule has 0 N–H and O–H groups in total. The van der Waals surface area contributed by atoms with Crippen molar-refractivity contribution >= 4 is 5.82 Å². The van der Waals surface area contributed by atoms with Crippen LogP contribution in [-0.2, 0) is 7.05 Å². The minimum atomic E-state index is 0.369. The molecular weight excluding hydrogens is 300 g/mol. The minimum absolute atomic E-state index is 0.369. The summed E-state index contributed by atoms with van der Waals surface area (Å²) in [5.41, 5.74) is 1.00. The van der Waals surface area contributed by atoms with Gasteiger partial charge in [-0.25, -0.2) is 9.97 Å². The molecule has 3 aromatic rings. The van der Waals surface area contributed by atoms with Crippen molar-refractivity contribution in [3.63, 3.8) is 0 Å². The fourth-order valence-corrected chi connectivity index (χ4v) is 3.31. The molecule has 3 aromatic heterocycles. The molecule has 1 unspecified atom stereocenters. The topological polar surface area (TPSA) is 59.7 Å². The van der Waals surface area contributed by atoms with Crippen LogP contribution in [0.3, 0.4) is 0 Å². The standard InChI is InChI=1S/C18H20N6/c1-23-18(21-17(22-23)14-7-10-19-11-8-14)15-5-4-12-24(13-15)16-6-2-3-9-20-16/h2-3,6-11,15H,4-5,12-13H2,1H3. The second-order valence-corrected chi connectivity index (χ2v) is 6.13. The molecule has 1 atom stereocenters. The zero-order valence-corrected chi connectivity index (χ0v) is 13.7. The average molecular weight is 320 g/mol. The smallest absolute Gasteiger partial charge is 0.181 e. The summed E-state index contributed by atoms with van der Waals surface area (Å²) in [6, 6.07) is 9.95. The molecule has 4 rings (SSSR count). The molecule has 24 heavy (non-hydrogen) atoms. The lowest BCUT2D eigenvalue weighted by molar-refractivity contribution is 0.472. The predicted molar refractivity (Wildman–Crippen MR) is 92.7 cm³/mol. The van der Waals surface area contributed by atoms with Gasteiger partial charge in [0.05, 0.1) is 0 Å². The lowest BCUT2D eigenvalue weighted by Crippen LogP contribution is -2.35. The number of aryl methyl sites for hydroxylation is 1. The molecule has 6 heteroatoms. The van der Waals surface area contributed by atoms with E-state index >= 15 is 0 Å². The van der Waals surface area contributed by atoms with Crippen molar-refractivity contribution < 1.29 is 0 Å². The van der Waals surface area contributed by atoms with Gasteiger partial charge in [0, 0.05) is 50.2 Å². The molecule has 0 bridgehead atoms. The number of hydrogen-bond donors (Lipinski definition) is 0. The first-order valence-electron chi connectivity index (χ1n) is 8.28. The Labute approximate surface area is 141 Å². The van der Waals surface area contributed by atoms with Crippen LogP contribution in [0.5, 0.6) is 0 Å². The third kappa shape index (κ3) is 2.87. The Morgan fingerprint density at radius 1 is 1.08 bits per heavy atom. The molecule has 1 saturated heterocycles. The van der Waals surface area contributed by atoms with Gasteiger partial charge in [0.15, 0.2) is 5.82 Å². The van der Waals surface area contributed by atoms with E-state index in [9.17, 15) is 0 Å². The van der Waals surface area contributed by atoms with E-state index in [2.05, 4.69) is 26.0 Å². The SMILES string of the molecule is Cn1nc(-c2ccncc2)nc1C1CCCN(c2ccccn2)C1. The Morgan fingerprint density at radius 2 is 1.96 bits per heavy atom. The van der Waals surface area contributed by atoms with Crippen molar-refractivity contribution in [3.8, 4) is 11.4 Å². The first kappa shape index (κ1) is 14.8. The van der Waals surface area contributed by atoms with E-state index in [0.717, 1.165) is 49.0 Å².